The van der Waals surface area contributed by atoms with Gasteiger partial charge in [0.15, 0.2) is 54.8 Å². The monoisotopic (exact) mass is 798 g/mol. The molecule has 0 N–H and O–H groups in total. The molecule has 4 aliphatic rings. The van der Waals surface area contributed by atoms with Crippen LogP contribution in [0.15, 0.2) is 72.6 Å². The highest BCUT2D eigenvalue weighted by Crippen LogP contribution is 2.42. The molecule has 4 saturated heterocycles. The highest BCUT2D eigenvalue weighted by atomic mass is 19.1. The van der Waals surface area contributed by atoms with Crippen LogP contribution in [-0.4, -0.2) is 104 Å². The zero-order valence-corrected chi connectivity index (χ0v) is 32.8. The first-order chi connectivity index (χ1) is 26.7. The normalized spacial score (nSPS) is 30.8. The van der Waals surface area contributed by atoms with E-state index in [-0.39, 0.29) is 11.1 Å². The summed E-state index contributed by atoms with van der Waals surface area (Å²) in [6, 6.07) is 16.0. The van der Waals surface area contributed by atoms with Crippen LogP contribution in [0.3, 0.4) is 0 Å². The van der Waals surface area contributed by atoms with Gasteiger partial charge < -0.3 is 47.4 Å². The standard InChI is InChI=1S/C41H47FO15/c1-39(2,3)36(45)48-20-25-28(53-37(46)40(4,5)6)30-29(54-38(47)55-30)26(49-25)23(42)19-24-27(51-33(43)21-15-11-9-12-16-21)31(32-35(50-24)57-41(7,8)56-32)52-34(44)22-17-13-10-14-18-22/h9-19,24-32,35H,20H2,1-8H3/b23-19-/t24-,25-,26-,27-,28-,29+,30+,31+,32-,35-/m1/s1. The quantitative estimate of drug-likeness (QED) is 0.233. The van der Waals surface area contributed by atoms with E-state index in [4.69, 9.17) is 47.4 Å². The summed E-state index contributed by atoms with van der Waals surface area (Å²) in [4.78, 5) is 65.7. The summed E-state index contributed by atoms with van der Waals surface area (Å²) in [5, 5.41) is 0. The van der Waals surface area contributed by atoms with Crippen LogP contribution in [0.5, 0.6) is 0 Å². The zero-order chi connectivity index (χ0) is 41.4. The minimum absolute atomic E-state index is 0.136. The van der Waals surface area contributed by atoms with E-state index in [1.54, 1.807) is 91.8 Å². The highest BCUT2D eigenvalue weighted by Gasteiger charge is 2.60. The van der Waals surface area contributed by atoms with Crippen molar-refractivity contribution in [1.29, 1.82) is 0 Å². The molecule has 0 spiro atoms. The average molecular weight is 799 g/mol. The van der Waals surface area contributed by atoms with E-state index in [0.29, 0.717) is 0 Å². The van der Waals surface area contributed by atoms with Gasteiger partial charge in [0.2, 0.25) is 0 Å². The third-order valence-electron chi connectivity index (χ3n) is 9.40. The first-order valence-electron chi connectivity index (χ1n) is 18.5. The molecule has 57 heavy (non-hydrogen) atoms. The number of carbonyl (C=O) groups excluding carboxylic acids is 5. The molecule has 0 unspecified atom stereocenters. The molecule has 0 aromatic heterocycles. The Morgan fingerprint density at radius 1 is 0.702 bits per heavy atom. The van der Waals surface area contributed by atoms with Crippen LogP contribution in [0.1, 0.15) is 76.1 Å². The van der Waals surface area contributed by atoms with E-state index >= 15 is 4.39 Å². The molecule has 4 aliphatic heterocycles. The molecule has 0 aliphatic carbocycles. The van der Waals surface area contributed by atoms with Crippen molar-refractivity contribution in [3.8, 4) is 0 Å². The topological polar surface area (TPSA) is 178 Å². The van der Waals surface area contributed by atoms with Gasteiger partial charge in [-0.3, -0.25) is 9.59 Å². The number of hydrogen-bond acceptors (Lipinski definition) is 15. The molecule has 15 nitrogen and oxygen atoms in total. The molecule has 308 valence electrons. The minimum atomic E-state index is -1.75. The number of ether oxygens (including phenoxy) is 10. The lowest BCUT2D eigenvalue weighted by Gasteiger charge is -2.42. The summed E-state index contributed by atoms with van der Waals surface area (Å²) in [6.45, 7) is 12.4. The Kier molecular flexibility index (Phi) is 11.8. The lowest BCUT2D eigenvalue weighted by Crippen LogP contribution is -2.60. The van der Waals surface area contributed by atoms with E-state index in [1.165, 1.54) is 24.3 Å². The number of halogens is 1. The van der Waals surface area contributed by atoms with Gasteiger partial charge in [0, 0.05) is 0 Å². The molecule has 0 saturated carbocycles. The van der Waals surface area contributed by atoms with Crippen molar-refractivity contribution in [3.05, 3.63) is 83.7 Å². The van der Waals surface area contributed by atoms with Gasteiger partial charge in [-0.25, -0.2) is 18.8 Å². The second-order valence-electron chi connectivity index (χ2n) is 16.6. The Bertz CT molecular complexity index is 1850. The van der Waals surface area contributed by atoms with Gasteiger partial charge in [0.25, 0.3) is 0 Å². The smallest absolute Gasteiger partial charge is 0.462 e. The van der Waals surface area contributed by atoms with Gasteiger partial charge in [-0.05, 0) is 85.7 Å². The summed E-state index contributed by atoms with van der Waals surface area (Å²) >= 11 is 0. The maximum atomic E-state index is 17.0. The van der Waals surface area contributed by atoms with Crippen LogP contribution in [-0.2, 0) is 57.0 Å². The summed E-state index contributed by atoms with van der Waals surface area (Å²) in [5.41, 5.74) is -1.64. The fourth-order valence-electron chi connectivity index (χ4n) is 6.48. The summed E-state index contributed by atoms with van der Waals surface area (Å²) < 4.78 is 75.5. The molecular weight excluding hydrogens is 751 g/mol. The van der Waals surface area contributed by atoms with E-state index in [1.807, 2.05) is 0 Å². The van der Waals surface area contributed by atoms with Crippen molar-refractivity contribution >= 4 is 30.0 Å². The molecular formula is C41H47FO15. The largest absolute Gasteiger partial charge is 0.509 e. The molecule has 16 heteroatoms. The van der Waals surface area contributed by atoms with E-state index in [2.05, 4.69) is 0 Å². The van der Waals surface area contributed by atoms with Gasteiger partial charge in [-0.1, -0.05) is 36.4 Å². The molecule has 4 heterocycles. The van der Waals surface area contributed by atoms with E-state index < -0.39 is 120 Å². The maximum Gasteiger partial charge on any atom is 0.509 e. The first-order valence-corrected chi connectivity index (χ1v) is 18.5. The zero-order valence-electron chi connectivity index (χ0n) is 32.8. The van der Waals surface area contributed by atoms with Crippen molar-refractivity contribution in [2.24, 2.45) is 10.8 Å². The van der Waals surface area contributed by atoms with Crippen molar-refractivity contribution in [2.45, 2.75) is 122 Å². The van der Waals surface area contributed by atoms with Crippen LogP contribution < -0.4 is 0 Å². The van der Waals surface area contributed by atoms with Gasteiger partial charge in [-0.15, -0.1) is 0 Å². The number of carbonyl (C=O) groups is 5. The lowest BCUT2D eigenvalue weighted by molar-refractivity contribution is -0.239. The minimum Gasteiger partial charge on any atom is -0.462 e. The molecule has 6 rings (SSSR count). The van der Waals surface area contributed by atoms with E-state index in [9.17, 15) is 24.0 Å². The number of fused-ring (bicyclic) bond motifs is 2. The van der Waals surface area contributed by atoms with Gasteiger partial charge in [0.05, 0.1) is 22.0 Å². The molecule has 10 atom stereocenters. The third kappa shape index (κ3) is 9.46. The number of esters is 4. The third-order valence-corrected chi connectivity index (χ3v) is 9.40. The SMILES string of the molecule is CC1(C)O[C@H]2O[C@H](/C=C(\F)[C@H]3O[C@H](COC(=O)C(C)(C)C)[C@@H](OC(=O)C(C)(C)C)[C@@H]4OC(=O)O[C@H]43)[C@@H](OC(=O)c3ccccc3)[C@H](OC(=O)c3ccccc3)[C@H]2O1. The summed E-state index contributed by atoms with van der Waals surface area (Å²) in [7, 11) is 0. The van der Waals surface area contributed by atoms with Gasteiger partial charge in [0.1, 0.15) is 24.6 Å². The van der Waals surface area contributed by atoms with Crippen molar-refractivity contribution < 1.29 is 75.7 Å². The molecule has 0 radical (unpaired) electrons. The molecule has 0 bridgehead atoms. The van der Waals surface area contributed by atoms with Crippen molar-refractivity contribution in [2.75, 3.05) is 6.61 Å². The van der Waals surface area contributed by atoms with E-state index in [0.717, 1.165) is 6.08 Å². The molecule has 2 aromatic rings. The predicted octanol–water partition coefficient (Wildman–Crippen LogP) is 5.39. The van der Waals surface area contributed by atoms with Crippen LogP contribution in [0, 0.1) is 10.8 Å². The summed E-state index contributed by atoms with van der Waals surface area (Å²) in [5.74, 6) is -5.36. The lowest BCUT2D eigenvalue weighted by atomic mass is 9.91. The second kappa shape index (κ2) is 16.2. The van der Waals surface area contributed by atoms with Crippen LogP contribution in [0.25, 0.3) is 0 Å². The number of benzene rings is 2. The first kappa shape index (κ1) is 41.7. The maximum absolute atomic E-state index is 17.0. The van der Waals surface area contributed by atoms with Crippen LogP contribution in [0.2, 0.25) is 0 Å². The molecule has 2 aromatic carbocycles. The predicted molar refractivity (Wildman–Crippen MR) is 193 cm³/mol. The Labute approximate surface area is 328 Å². The van der Waals surface area contributed by atoms with Gasteiger partial charge >= 0.3 is 30.0 Å². The fraction of sp³-hybridized carbons (Fsp3) is 0.537. The van der Waals surface area contributed by atoms with Gasteiger partial charge in [-0.2, -0.15) is 0 Å². The number of hydrogen-bond donors (Lipinski definition) is 0. The second-order valence-corrected chi connectivity index (χ2v) is 16.6. The Morgan fingerprint density at radius 2 is 1.25 bits per heavy atom. The number of rotatable bonds is 9. The Balaban J connectivity index is 1.37. The van der Waals surface area contributed by atoms with Crippen molar-refractivity contribution in [3.63, 3.8) is 0 Å². The fourth-order valence-corrected chi connectivity index (χ4v) is 6.48. The molecule has 4 fully saturated rings. The molecule has 0 amide bonds. The summed E-state index contributed by atoms with van der Waals surface area (Å²) in [6.07, 6.45) is -14.6. The Hall–Kier alpha value is -4.90. The Morgan fingerprint density at radius 3 is 1.81 bits per heavy atom. The highest BCUT2D eigenvalue weighted by molar-refractivity contribution is 5.90. The average Bonchev–Trinajstić information content (AvgIpc) is 3.69. The van der Waals surface area contributed by atoms with Crippen molar-refractivity contribution in [1.82, 2.24) is 0 Å². The van der Waals surface area contributed by atoms with Crippen LogP contribution in [0.4, 0.5) is 9.18 Å². The van der Waals surface area contributed by atoms with Crippen LogP contribution >= 0.6 is 0 Å².